The van der Waals surface area contributed by atoms with Crippen LogP contribution in [0.2, 0.25) is 0 Å². The quantitative estimate of drug-likeness (QED) is 0.0373. The van der Waals surface area contributed by atoms with Gasteiger partial charge in [-0.2, -0.15) is 0 Å². The molecule has 8 rings (SSSR count). The van der Waals surface area contributed by atoms with Crippen molar-refractivity contribution in [3.8, 4) is 0 Å². The molecule has 2 fully saturated rings. The fourth-order valence-electron chi connectivity index (χ4n) is 6.62. The number of carbonyl (C=O) groups is 6. The number of alkyl halides is 2. The maximum atomic E-state index is 12.7. The van der Waals surface area contributed by atoms with Crippen LogP contribution in [0.4, 0.5) is 0 Å². The second kappa shape index (κ2) is 44.3. The van der Waals surface area contributed by atoms with Gasteiger partial charge in [-0.1, -0.05) is 98.9 Å². The number of halogens is 6. The van der Waals surface area contributed by atoms with Crippen molar-refractivity contribution in [3.05, 3.63) is 246 Å². The predicted molar refractivity (Wildman–Crippen MR) is 320 cm³/mol. The van der Waals surface area contributed by atoms with Gasteiger partial charge in [-0.05, 0) is 187 Å². The number of aliphatic carboxylic acids is 2. The molecule has 88 heavy (non-hydrogen) atoms. The van der Waals surface area contributed by atoms with Gasteiger partial charge in [-0.25, -0.2) is 0 Å². The van der Waals surface area contributed by atoms with Crippen molar-refractivity contribution >= 4 is 122 Å². The van der Waals surface area contributed by atoms with E-state index < -0.39 is 94.1 Å². The summed E-state index contributed by atoms with van der Waals surface area (Å²) >= 11 is 22.6. The Morgan fingerprint density at radius 3 is 0.682 bits per heavy atom. The zero-order valence-corrected chi connectivity index (χ0v) is 57.8. The van der Waals surface area contributed by atoms with E-state index in [0.717, 1.165) is 56.0 Å². The molecule has 0 amide bonds. The van der Waals surface area contributed by atoms with Crippen molar-refractivity contribution in [2.45, 2.75) is 77.5 Å². The van der Waals surface area contributed by atoms with Gasteiger partial charge < -0.3 is 59.2 Å². The third kappa shape index (κ3) is 34.1. The summed E-state index contributed by atoms with van der Waals surface area (Å²) in [5.41, 5.74) is 1.26. The van der Waals surface area contributed by atoms with E-state index in [4.69, 9.17) is 62.0 Å². The zero-order valence-electron chi connectivity index (χ0n) is 47.0. The van der Waals surface area contributed by atoms with E-state index in [-0.39, 0.29) is 54.8 Å². The number of nitrogens with zero attached hydrogens (tertiary/aromatic N) is 2. The summed E-state index contributed by atoms with van der Waals surface area (Å²) in [6.45, 7) is 8.14. The summed E-state index contributed by atoms with van der Waals surface area (Å²) in [4.78, 5) is 75.0. The van der Waals surface area contributed by atoms with Crippen LogP contribution in [0.15, 0.2) is 223 Å². The van der Waals surface area contributed by atoms with E-state index >= 15 is 0 Å². The Morgan fingerprint density at radius 2 is 0.557 bits per heavy atom. The number of aromatic nitrogens is 2. The smallest absolute Gasteiger partial charge is 0.874 e. The van der Waals surface area contributed by atoms with Crippen molar-refractivity contribution in [2.75, 3.05) is 5.34 Å². The average Bonchev–Trinajstić information content (AvgIpc) is 4.18. The van der Waals surface area contributed by atoms with Crippen LogP contribution in [0.25, 0.3) is 0 Å². The fraction of sp³-hybridized carbons (Fsp3) is 0.213. The molecule has 0 bridgehead atoms. The van der Waals surface area contributed by atoms with Gasteiger partial charge in [0.25, 0.3) is 0 Å². The number of ether oxygens (including phenoxy) is 4. The third-order valence-electron chi connectivity index (χ3n) is 10.1. The third-order valence-corrected chi connectivity index (χ3v) is 12.2. The molecule has 0 spiro atoms. The largest absolute Gasteiger partial charge is 2.00 e. The SMILES string of the molecule is CC(=O)[O-].CC(=O)[O-].CC1(C)O[C@@H](/C([O-])=C/C(=O)c2ccc(Br)cc2)[C@H](/C([O-])=C/C(=O)c2ccc(Br)cc2)O1.CC1(C)O[C@@H](/C([O-])=C/C(=O)c2ccc(Br)cc2)[C@H](/C([O-])=C/C(=O)c2ccc(Br)cc2)O1.ClCCl.[Ni+2].[Ni+2].[Ni+2].c1ccncc1.c1ccncc1. The summed E-state index contributed by atoms with van der Waals surface area (Å²) in [6, 6.07) is 37.4. The second-order valence-electron chi connectivity index (χ2n) is 17.8. The molecule has 18 nitrogen and oxygen atoms in total. The maximum absolute atomic E-state index is 12.7. The molecular formula is C61H54Br4Cl2N2Ni3O16. The molecule has 0 radical (unpaired) electrons. The molecule has 0 unspecified atom stereocenters. The molecule has 2 saturated heterocycles. The van der Waals surface area contributed by atoms with Crippen molar-refractivity contribution in [3.63, 3.8) is 0 Å². The molecule has 0 N–H and O–H groups in total. The van der Waals surface area contributed by atoms with Gasteiger partial charge in [0.05, 0.1) is 5.34 Å². The van der Waals surface area contributed by atoms with E-state index in [1.807, 2.05) is 36.4 Å². The van der Waals surface area contributed by atoms with Gasteiger partial charge in [-0.15, -0.1) is 23.2 Å². The summed E-state index contributed by atoms with van der Waals surface area (Å²) < 4.78 is 25.5. The van der Waals surface area contributed by atoms with Crippen molar-refractivity contribution < 1.29 is 128 Å². The number of rotatable bonds is 12. The molecule has 27 heteroatoms. The van der Waals surface area contributed by atoms with Gasteiger partial charge in [0, 0.05) is 76.9 Å². The molecule has 6 aromatic rings. The minimum atomic E-state index is -1.34. The van der Waals surface area contributed by atoms with Crippen LogP contribution in [-0.4, -0.2) is 86.4 Å². The van der Waals surface area contributed by atoms with Crippen LogP contribution in [0.3, 0.4) is 0 Å². The number of carboxylic acids is 2. The van der Waals surface area contributed by atoms with Crippen molar-refractivity contribution in [1.29, 1.82) is 0 Å². The molecular weight excluding hydrogens is 1580 g/mol. The number of allylic oxidation sites excluding steroid dienone is 4. The summed E-state index contributed by atoms with van der Waals surface area (Å²) in [6.07, 6.45) is 5.19. The second-order valence-corrected chi connectivity index (χ2v) is 22.2. The van der Waals surface area contributed by atoms with Crippen LogP contribution < -0.4 is 30.6 Å². The Morgan fingerprint density at radius 1 is 0.398 bits per heavy atom. The van der Waals surface area contributed by atoms with E-state index in [2.05, 4.69) is 73.7 Å². The Hall–Kier alpha value is -5.22. The molecule has 2 aliphatic heterocycles. The molecule has 4 heterocycles. The van der Waals surface area contributed by atoms with Crippen molar-refractivity contribution in [1.82, 2.24) is 9.97 Å². The average molecular weight is 1640 g/mol. The first kappa shape index (κ1) is 84.8. The Balaban J connectivity index is 0. The van der Waals surface area contributed by atoms with Gasteiger partial charge in [0.15, 0.2) is 34.7 Å². The van der Waals surface area contributed by atoms with Gasteiger partial charge in [0.1, 0.15) is 24.4 Å². The minimum absolute atomic E-state index is 0. The first-order valence-electron chi connectivity index (χ1n) is 24.6. The van der Waals surface area contributed by atoms with Gasteiger partial charge in [-0.3, -0.25) is 29.1 Å². The number of hydrogen-bond acceptors (Lipinski definition) is 18. The molecule has 4 atom stereocenters. The normalized spacial score (nSPS) is 16.8. The van der Waals surface area contributed by atoms with Crippen molar-refractivity contribution in [2.24, 2.45) is 0 Å². The minimum Gasteiger partial charge on any atom is -0.874 e. The van der Waals surface area contributed by atoms with E-state index in [1.165, 1.54) is 0 Å². The first-order valence-corrected chi connectivity index (χ1v) is 28.9. The summed E-state index contributed by atoms with van der Waals surface area (Å²) in [5.74, 6) is -9.55. The Bertz CT molecular complexity index is 2780. The molecule has 0 aliphatic carbocycles. The number of carbonyl (C=O) groups excluding carboxylic acids is 6. The summed E-state index contributed by atoms with van der Waals surface area (Å²) in [7, 11) is 0. The number of benzene rings is 4. The predicted octanol–water partition coefficient (Wildman–Crippen LogP) is 7.66. The van der Waals surface area contributed by atoms with Crippen LogP contribution >= 0.6 is 86.9 Å². The molecule has 2 aromatic heterocycles. The fourth-order valence-corrected chi connectivity index (χ4v) is 7.67. The number of pyridine rings is 2. The van der Waals surface area contributed by atoms with E-state index in [9.17, 15) is 39.6 Å². The van der Waals surface area contributed by atoms with Crippen LogP contribution in [0.1, 0.15) is 83.0 Å². The van der Waals surface area contributed by atoms with Crippen LogP contribution in [-0.2, 0) is 78.0 Å². The number of carboxylic acid groups (broad SMARTS) is 2. The zero-order chi connectivity index (χ0) is 63.9. The number of ketones is 4. The first-order chi connectivity index (χ1) is 40.0. The van der Waals surface area contributed by atoms with E-state index in [1.54, 1.807) is 150 Å². The Kier molecular flexibility index (Phi) is 42.7. The van der Waals surface area contributed by atoms with Gasteiger partial charge in [0.2, 0.25) is 0 Å². The summed E-state index contributed by atoms with van der Waals surface area (Å²) in [5, 5.41) is 69.0. The molecule has 2 aliphatic rings. The Labute approximate surface area is 583 Å². The van der Waals surface area contributed by atoms with Gasteiger partial charge >= 0.3 is 49.5 Å². The number of hydrogen-bond donors (Lipinski definition) is 0. The standard InChI is InChI=1S/2C23H20Br2O6.2C5H5N.2C2H4O2.CH2Cl2.3Ni/c2*1-23(2)30-21(19(28)11-17(26)13-3-7-15(24)8-4-13)22(31-23)20(29)12-18(27)14-5-9-16(25)10-6-14;2*1-2-4-6-5-3-1;2*1-2(3)4;2-1-3;;;/h2*3-12,21-22,28-29H,1-2H3;2*1-5H;2*1H3,(H,3,4);1H2;;;/q;;;;;;;3*+2/p-6/b2*19-11-,20-12-;;;;;;;;/t2*21-,22-;;;;;;;;/m00......../s1. The molecule has 0 saturated carbocycles. The topological polar surface area (TPSA) is 303 Å². The maximum Gasteiger partial charge on any atom is 2.00 e. The van der Waals surface area contributed by atoms with Crippen LogP contribution in [0, 0.1) is 0 Å². The monoisotopic (exact) mass is 1630 g/mol. The molecule has 476 valence electrons. The van der Waals surface area contributed by atoms with Crippen LogP contribution in [0.5, 0.6) is 0 Å². The van der Waals surface area contributed by atoms with E-state index in [0.29, 0.717) is 22.3 Å². The molecule has 4 aromatic carbocycles.